The van der Waals surface area contributed by atoms with E-state index >= 15 is 0 Å². The Labute approximate surface area is 195 Å². The summed E-state index contributed by atoms with van der Waals surface area (Å²) in [7, 11) is 2.21. The molecule has 2 rings (SSSR count). The van der Waals surface area contributed by atoms with Gasteiger partial charge in [-0.3, -0.25) is 4.90 Å². The minimum Gasteiger partial charge on any atom is -0.370 e. The Kier molecular flexibility index (Phi) is 12.8. The second kappa shape index (κ2) is 14.2. The number of nitrogens with zero attached hydrogens (tertiary/aromatic N) is 3. The Morgan fingerprint density at radius 1 is 1.03 bits per heavy atom. The normalized spacial score (nSPS) is 17.6. The first-order valence-corrected chi connectivity index (χ1v) is 11.0. The van der Waals surface area contributed by atoms with Crippen LogP contribution in [0.1, 0.15) is 57.6 Å². The van der Waals surface area contributed by atoms with Crippen LogP contribution in [0, 0.1) is 5.92 Å². The monoisotopic (exact) mass is 515 g/mol. The molecule has 1 aliphatic heterocycles. The summed E-state index contributed by atoms with van der Waals surface area (Å²) in [6.45, 7) is 13.1. The summed E-state index contributed by atoms with van der Waals surface area (Å²) in [6, 6.07) is 9.21. The summed E-state index contributed by atoms with van der Waals surface area (Å²) < 4.78 is 0. The first kappa shape index (κ1) is 26.2. The molecule has 1 unspecified atom stereocenters. The summed E-state index contributed by atoms with van der Waals surface area (Å²) >= 11 is 0. The Bertz CT molecular complexity index is 587. The standard InChI is InChI=1S/C23H41N5.HI/c1-19(2)7-5-8-20(3)26-23(24)25-17-21-9-11-22(12-10-21)18-28-14-6-13-27(4)15-16-28;/h9-12,19-20H,5-8,13-18H2,1-4H3,(H3,24,25,26);1H. The van der Waals surface area contributed by atoms with Gasteiger partial charge in [-0.05, 0) is 56.9 Å². The van der Waals surface area contributed by atoms with E-state index in [2.05, 4.69) is 72.2 Å². The molecule has 29 heavy (non-hydrogen) atoms. The number of hydrogen-bond acceptors (Lipinski definition) is 3. The van der Waals surface area contributed by atoms with Crippen LogP contribution in [-0.4, -0.2) is 55.0 Å². The van der Waals surface area contributed by atoms with Gasteiger partial charge in [-0.25, -0.2) is 4.99 Å². The summed E-state index contributed by atoms with van der Waals surface area (Å²) in [4.78, 5) is 9.49. The van der Waals surface area contributed by atoms with Crippen LogP contribution >= 0.6 is 24.0 Å². The summed E-state index contributed by atoms with van der Waals surface area (Å²) in [6.07, 6.45) is 4.89. The van der Waals surface area contributed by atoms with Crippen molar-refractivity contribution in [1.29, 1.82) is 0 Å². The van der Waals surface area contributed by atoms with Crippen LogP contribution < -0.4 is 11.1 Å². The molecule has 0 aliphatic carbocycles. The van der Waals surface area contributed by atoms with E-state index < -0.39 is 0 Å². The average Bonchev–Trinajstić information content (AvgIpc) is 2.85. The van der Waals surface area contributed by atoms with Crippen LogP contribution in [0.4, 0.5) is 0 Å². The van der Waals surface area contributed by atoms with Gasteiger partial charge >= 0.3 is 0 Å². The first-order valence-electron chi connectivity index (χ1n) is 11.0. The molecular formula is C23H42IN5. The number of aliphatic imine (C=N–C) groups is 1. The summed E-state index contributed by atoms with van der Waals surface area (Å²) in [5.41, 5.74) is 8.64. The van der Waals surface area contributed by atoms with Gasteiger partial charge in [0.1, 0.15) is 0 Å². The van der Waals surface area contributed by atoms with Crippen LogP contribution in [0.15, 0.2) is 29.3 Å². The van der Waals surface area contributed by atoms with Gasteiger partial charge in [-0.2, -0.15) is 0 Å². The van der Waals surface area contributed by atoms with E-state index in [9.17, 15) is 0 Å². The zero-order chi connectivity index (χ0) is 20.4. The fourth-order valence-corrected chi connectivity index (χ4v) is 3.65. The molecule has 5 nitrogen and oxygen atoms in total. The van der Waals surface area contributed by atoms with Crippen molar-refractivity contribution in [1.82, 2.24) is 15.1 Å². The highest BCUT2D eigenvalue weighted by atomic mass is 127. The van der Waals surface area contributed by atoms with Crippen molar-refractivity contribution in [3.05, 3.63) is 35.4 Å². The molecule has 3 N–H and O–H groups in total. The number of halogens is 1. The van der Waals surface area contributed by atoms with E-state index in [-0.39, 0.29) is 24.0 Å². The minimum atomic E-state index is 0. The molecule has 0 radical (unpaired) electrons. The minimum absolute atomic E-state index is 0. The maximum absolute atomic E-state index is 6.06. The Morgan fingerprint density at radius 2 is 1.72 bits per heavy atom. The molecule has 0 spiro atoms. The predicted molar refractivity (Wildman–Crippen MR) is 136 cm³/mol. The molecule has 1 aliphatic rings. The van der Waals surface area contributed by atoms with Gasteiger partial charge in [0.15, 0.2) is 5.96 Å². The Morgan fingerprint density at radius 3 is 2.41 bits per heavy atom. The fraction of sp³-hybridized carbons (Fsp3) is 0.696. The highest BCUT2D eigenvalue weighted by Crippen LogP contribution is 2.11. The molecule has 1 saturated heterocycles. The van der Waals surface area contributed by atoms with Gasteiger partial charge in [0, 0.05) is 25.7 Å². The number of likely N-dealkylation sites (N-methyl/N-ethyl adjacent to an activating group) is 1. The molecule has 0 amide bonds. The van der Waals surface area contributed by atoms with Gasteiger partial charge in [0.05, 0.1) is 6.54 Å². The number of guanidine groups is 1. The largest absolute Gasteiger partial charge is 0.370 e. The molecule has 0 bridgehead atoms. The molecule has 1 heterocycles. The summed E-state index contributed by atoms with van der Waals surface area (Å²) in [5, 5.41) is 3.32. The third-order valence-corrected chi connectivity index (χ3v) is 5.49. The van der Waals surface area contributed by atoms with E-state index in [1.54, 1.807) is 0 Å². The number of hydrogen-bond donors (Lipinski definition) is 2. The number of nitrogens with one attached hydrogen (secondary N) is 1. The molecule has 1 aromatic rings. The van der Waals surface area contributed by atoms with Gasteiger partial charge in [-0.1, -0.05) is 51.0 Å². The molecule has 166 valence electrons. The van der Waals surface area contributed by atoms with Crippen molar-refractivity contribution < 1.29 is 0 Å². The zero-order valence-electron chi connectivity index (χ0n) is 18.9. The van der Waals surface area contributed by atoms with Crippen LogP contribution in [0.3, 0.4) is 0 Å². The van der Waals surface area contributed by atoms with Crippen molar-refractivity contribution in [2.75, 3.05) is 33.2 Å². The third kappa shape index (κ3) is 11.2. The number of benzene rings is 1. The number of nitrogens with two attached hydrogens (primary N) is 1. The Balaban J connectivity index is 0.00000420. The van der Waals surface area contributed by atoms with Gasteiger partial charge in [0.25, 0.3) is 0 Å². The highest BCUT2D eigenvalue weighted by molar-refractivity contribution is 14.0. The lowest BCUT2D eigenvalue weighted by atomic mass is 10.0. The van der Waals surface area contributed by atoms with E-state index in [0.717, 1.165) is 32.0 Å². The molecule has 0 aromatic heterocycles. The van der Waals surface area contributed by atoms with Gasteiger partial charge < -0.3 is 16.0 Å². The molecular weight excluding hydrogens is 473 g/mol. The lowest BCUT2D eigenvalue weighted by Gasteiger charge is -2.20. The molecule has 1 atom stereocenters. The SMILES string of the molecule is CC(C)CCCC(C)NC(N)=NCc1ccc(CN2CCCN(C)CC2)cc1.I. The second-order valence-corrected chi connectivity index (χ2v) is 8.82. The highest BCUT2D eigenvalue weighted by Gasteiger charge is 2.12. The second-order valence-electron chi connectivity index (χ2n) is 8.82. The van der Waals surface area contributed by atoms with E-state index in [0.29, 0.717) is 18.5 Å². The van der Waals surface area contributed by atoms with E-state index in [1.807, 2.05) is 0 Å². The number of rotatable bonds is 9. The predicted octanol–water partition coefficient (Wildman–Crippen LogP) is 4.06. The van der Waals surface area contributed by atoms with Crippen LogP contribution in [0.25, 0.3) is 0 Å². The van der Waals surface area contributed by atoms with Crippen molar-refractivity contribution in [3.63, 3.8) is 0 Å². The molecule has 0 saturated carbocycles. The topological polar surface area (TPSA) is 56.9 Å². The lowest BCUT2D eigenvalue weighted by molar-refractivity contribution is 0.269. The van der Waals surface area contributed by atoms with E-state index in [4.69, 9.17) is 5.73 Å². The fourth-order valence-electron chi connectivity index (χ4n) is 3.65. The Hall–Kier alpha value is -0.860. The van der Waals surface area contributed by atoms with Crippen LogP contribution in [-0.2, 0) is 13.1 Å². The maximum Gasteiger partial charge on any atom is 0.189 e. The first-order chi connectivity index (χ1) is 13.4. The van der Waals surface area contributed by atoms with E-state index in [1.165, 1.54) is 43.5 Å². The van der Waals surface area contributed by atoms with Crippen molar-refractivity contribution in [3.8, 4) is 0 Å². The van der Waals surface area contributed by atoms with Gasteiger partial charge in [0.2, 0.25) is 0 Å². The lowest BCUT2D eigenvalue weighted by Crippen LogP contribution is -2.38. The van der Waals surface area contributed by atoms with Gasteiger partial charge in [-0.15, -0.1) is 24.0 Å². The zero-order valence-corrected chi connectivity index (χ0v) is 21.2. The van der Waals surface area contributed by atoms with Crippen molar-refractivity contribution in [2.45, 2.75) is 65.6 Å². The maximum atomic E-state index is 6.06. The molecule has 1 aromatic carbocycles. The van der Waals surface area contributed by atoms with Crippen molar-refractivity contribution in [2.24, 2.45) is 16.6 Å². The molecule has 1 fully saturated rings. The summed E-state index contributed by atoms with van der Waals surface area (Å²) in [5.74, 6) is 1.32. The van der Waals surface area contributed by atoms with Crippen LogP contribution in [0.2, 0.25) is 0 Å². The smallest absolute Gasteiger partial charge is 0.189 e. The van der Waals surface area contributed by atoms with Crippen molar-refractivity contribution >= 4 is 29.9 Å². The molecule has 6 heteroatoms. The third-order valence-electron chi connectivity index (χ3n) is 5.49. The quantitative estimate of drug-likeness (QED) is 0.296. The van der Waals surface area contributed by atoms with Crippen LogP contribution in [0.5, 0.6) is 0 Å². The average molecular weight is 516 g/mol.